The lowest BCUT2D eigenvalue weighted by Gasteiger charge is -2.07. The molecule has 0 atom stereocenters. The highest BCUT2D eigenvalue weighted by Crippen LogP contribution is 2.19. The van der Waals surface area contributed by atoms with Gasteiger partial charge in [-0.2, -0.15) is 0 Å². The standard InChI is InChI=1S/C16H14FNO3/c17-14-11-13(2-4-16(19)20)1-3-15(14)21-10-7-12-5-8-18-9-6-12/h1-6,8-9,11H,7,10H2,(H,19,20)/b4-2+. The molecule has 0 aliphatic carbocycles. The predicted octanol–water partition coefficient (Wildman–Crippen LogP) is 2.94. The van der Waals surface area contributed by atoms with E-state index in [1.807, 2.05) is 12.1 Å². The molecule has 2 aromatic rings. The van der Waals surface area contributed by atoms with Crippen molar-refractivity contribution in [2.75, 3.05) is 6.61 Å². The largest absolute Gasteiger partial charge is 0.490 e. The van der Waals surface area contributed by atoms with Gasteiger partial charge in [0.15, 0.2) is 11.6 Å². The Kier molecular flexibility index (Phi) is 5.04. The highest BCUT2D eigenvalue weighted by Gasteiger charge is 2.04. The maximum Gasteiger partial charge on any atom is 0.328 e. The van der Waals surface area contributed by atoms with Gasteiger partial charge in [0.2, 0.25) is 0 Å². The van der Waals surface area contributed by atoms with Crippen molar-refractivity contribution in [2.24, 2.45) is 0 Å². The Balaban J connectivity index is 1.93. The molecule has 1 N–H and O–H groups in total. The van der Waals surface area contributed by atoms with E-state index in [0.29, 0.717) is 18.6 Å². The molecule has 0 saturated carbocycles. The van der Waals surface area contributed by atoms with E-state index in [1.165, 1.54) is 18.2 Å². The van der Waals surface area contributed by atoms with Crippen LogP contribution in [0.3, 0.4) is 0 Å². The molecule has 0 saturated heterocycles. The number of benzene rings is 1. The van der Waals surface area contributed by atoms with Gasteiger partial charge >= 0.3 is 5.97 Å². The number of pyridine rings is 1. The number of hydrogen-bond donors (Lipinski definition) is 1. The fourth-order valence-electron chi connectivity index (χ4n) is 1.73. The van der Waals surface area contributed by atoms with Crippen LogP contribution in [0.25, 0.3) is 6.08 Å². The highest BCUT2D eigenvalue weighted by molar-refractivity contribution is 5.85. The van der Waals surface area contributed by atoms with E-state index < -0.39 is 11.8 Å². The third-order valence-electron chi connectivity index (χ3n) is 2.77. The first-order valence-corrected chi connectivity index (χ1v) is 6.37. The van der Waals surface area contributed by atoms with Gasteiger partial charge in [0.25, 0.3) is 0 Å². The average Bonchev–Trinajstić information content (AvgIpc) is 2.48. The van der Waals surface area contributed by atoms with Gasteiger partial charge in [-0.3, -0.25) is 4.98 Å². The van der Waals surface area contributed by atoms with Gasteiger partial charge in [0, 0.05) is 24.9 Å². The Labute approximate surface area is 121 Å². The number of halogens is 1. The number of carbonyl (C=O) groups is 1. The molecule has 1 heterocycles. The van der Waals surface area contributed by atoms with Gasteiger partial charge in [-0.25, -0.2) is 9.18 Å². The van der Waals surface area contributed by atoms with Crippen LogP contribution in [0.5, 0.6) is 5.75 Å². The maximum atomic E-state index is 13.8. The van der Waals surface area contributed by atoms with Crippen LogP contribution in [0.4, 0.5) is 4.39 Å². The second-order valence-electron chi connectivity index (χ2n) is 4.32. The molecule has 0 aliphatic rings. The van der Waals surface area contributed by atoms with Gasteiger partial charge in [0.05, 0.1) is 6.61 Å². The van der Waals surface area contributed by atoms with E-state index in [4.69, 9.17) is 9.84 Å². The molecule has 0 radical (unpaired) electrons. The molecule has 0 aliphatic heterocycles. The number of nitrogens with zero attached hydrogens (tertiary/aromatic N) is 1. The third kappa shape index (κ3) is 4.72. The van der Waals surface area contributed by atoms with Gasteiger partial charge in [-0.05, 0) is 41.5 Å². The van der Waals surface area contributed by atoms with Gasteiger partial charge in [0.1, 0.15) is 0 Å². The highest BCUT2D eigenvalue weighted by atomic mass is 19.1. The maximum absolute atomic E-state index is 13.8. The zero-order chi connectivity index (χ0) is 15.1. The molecule has 0 amide bonds. The molecule has 1 aromatic carbocycles. The molecule has 4 nitrogen and oxygen atoms in total. The van der Waals surface area contributed by atoms with Crippen molar-refractivity contribution >= 4 is 12.0 Å². The Morgan fingerprint density at radius 1 is 1.29 bits per heavy atom. The fraction of sp³-hybridized carbons (Fsp3) is 0.125. The van der Waals surface area contributed by atoms with E-state index in [9.17, 15) is 9.18 Å². The number of aliphatic carboxylic acids is 1. The molecular formula is C16H14FNO3. The quantitative estimate of drug-likeness (QED) is 0.830. The van der Waals surface area contributed by atoms with Crippen LogP contribution in [0, 0.1) is 5.82 Å². The van der Waals surface area contributed by atoms with Crippen molar-refractivity contribution in [1.82, 2.24) is 4.98 Å². The Hall–Kier alpha value is -2.69. The van der Waals surface area contributed by atoms with Gasteiger partial charge in [-0.15, -0.1) is 0 Å². The van der Waals surface area contributed by atoms with E-state index in [0.717, 1.165) is 11.6 Å². The summed E-state index contributed by atoms with van der Waals surface area (Å²) in [4.78, 5) is 14.3. The van der Waals surface area contributed by atoms with E-state index in [1.54, 1.807) is 18.5 Å². The summed E-state index contributed by atoms with van der Waals surface area (Å²) in [5, 5.41) is 8.51. The number of aromatic nitrogens is 1. The van der Waals surface area contributed by atoms with Crippen molar-refractivity contribution in [3.05, 3.63) is 65.7 Å². The normalized spacial score (nSPS) is 10.7. The van der Waals surface area contributed by atoms with Crippen LogP contribution in [-0.2, 0) is 11.2 Å². The van der Waals surface area contributed by atoms with Gasteiger partial charge in [-0.1, -0.05) is 6.07 Å². The summed E-state index contributed by atoms with van der Waals surface area (Å²) in [5.74, 6) is -1.44. The molecular weight excluding hydrogens is 273 g/mol. The average molecular weight is 287 g/mol. The molecule has 0 fully saturated rings. The van der Waals surface area contributed by atoms with E-state index in [-0.39, 0.29) is 5.75 Å². The first-order valence-electron chi connectivity index (χ1n) is 6.37. The summed E-state index contributed by atoms with van der Waals surface area (Å²) < 4.78 is 19.2. The summed E-state index contributed by atoms with van der Waals surface area (Å²) in [7, 11) is 0. The minimum absolute atomic E-state index is 0.150. The van der Waals surface area contributed by atoms with E-state index in [2.05, 4.69) is 4.98 Å². The summed E-state index contributed by atoms with van der Waals surface area (Å²) in [6.45, 7) is 0.352. The monoisotopic (exact) mass is 287 g/mol. The Morgan fingerprint density at radius 3 is 2.71 bits per heavy atom. The Morgan fingerprint density at radius 2 is 2.05 bits per heavy atom. The summed E-state index contributed by atoms with van der Waals surface area (Å²) in [6, 6.07) is 8.08. The topological polar surface area (TPSA) is 59.4 Å². The van der Waals surface area contributed by atoms with Crippen LogP contribution in [0.2, 0.25) is 0 Å². The van der Waals surface area contributed by atoms with Crippen molar-refractivity contribution in [1.29, 1.82) is 0 Å². The number of rotatable bonds is 6. The molecule has 108 valence electrons. The molecule has 0 unspecified atom stereocenters. The lowest BCUT2D eigenvalue weighted by Crippen LogP contribution is -2.03. The second-order valence-corrected chi connectivity index (χ2v) is 4.32. The lowest BCUT2D eigenvalue weighted by atomic mass is 10.2. The van der Waals surface area contributed by atoms with Crippen LogP contribution in [-0.4, -0.2) is 22.7 Å². The molecule has 1 aromatic heterocycles. The van der Waals surface area contributed by atoms with Crippen molar-refractivity contribution < 1.29 is 19.0 Å². The zero-order valence-corrected chi connectivity index (χ0v) is 11.2. The minimum Gasteiger partial charge on any atom is -0.490 e. The smallest absolute Gasteiger partial charge is 0.328 e. The van der Waals surface area contributed by atoms with Crippen molar-refractivity contribution in [2.45, 2.75) is 6.42 Å². The summed E-state index contributed by atoms with van der Waals surface area (Å²) in [5.41, 5.74) is 1.53. The van der Waals surface area contributed by atoms with Gasteiger partial charge < -0.3 is 9.84 Å². The molecule has 0 spiro atoms. The van der Waals surface area contributed by atoms with Crippen LogP contribution in [0.1, 0.15) is 11.1 Å². The van der Waals surface area contributed by atoms with Crippen molar-refractivity contribution in [3.63, 3.8) is 0 Å². The molecule has 21 heavy (non-hydrogen) atoms. The first-order chi connectivity index (χ1) is 10.1. The predicted molar refractivity (Wildman–Crippen MR) is 76.5 cm³/mol. The number of ether oxygens (including phenoxy) is 1. The fourth-order valence-corrected chi connectivity index (χ4v) is 1.73. The lowest BCUT2D eigenvalue weighted by molar-refractivity contribution is -0.131. The second kappa shape index (κ2) is 7.19. The summed E-state index contributed by atoms with van der Waals surface area (Å²) >= 11 is 0. The first kappa shape index (κ1) is 14.7. The van der Waals surface area contributed by atoms with Crippen LogP contribution in [0.15, 0.2) is 48.8 Å². The molecule has 2 rings (SSSR count). The summed E-state index contributed by atoms with van der Waals surface area (Å²) in [6.07, 6.45) is 6.33. The number of carboxylic acids is 1. The van der Waals surface area contributed by atoms with E-state index >= 15 is 0 Å². The van der Waals surface area contributed by atoms with Crippen LogP contribution < -0.4 is 4.74 Å². The van der Waals surface area contributed by atoms with Crippen molar-refractivity contribution in [3.8, 4) is 5.75 Å². The Bertz CT molecular complexity index is 641. The minimum atomic E-state index is -1.08. The molecule has 5 heteroatoms. The zero-order valence-electron chi connectivity index (χ0n) is 11.2. The SMILES string of the molecule is O=C(O)/C=C/c1ccc(OCCc2ccncc2)c(F)c1. The molecule has 0 bridgehead atoms. The third-order valence-corrected chi connectivity index (χ3v) is 2.77. The number of hydrogen-bond acceptors (Lipinski definition) is 3. The number of carboxylic acid groups (broad SMARTS) is 1. The van der Waals surface area contributed by atoms with Crippen LogP contribution >= 0.6 is 0 Å².